The van der Waals surface area contributed by atoms with Crippen LogP contribution >= 0.6 is 0 Å². The summed E-state index contributed by atoms with van der Waals surface area (Å²) in [7, 11) is 7.75. The number of hydrogen-bond acceptors (Lipinski definition) is 6. The third-order valence-corrected chi connectivity index (χ3v) is 4.04. The van der Waals surface area contributed by atoms with Gasteiger partial charge in [0.05, 0.1) is 35.5 Å². The monoisotopic (exact) mass is 375 g/mol. The van der Waals surface area contributed by atoms with E-state index in [1.165, 1.54) is 21.3 Å². The van der Waals surface area contributed by atoms with E-state index in [1.54, 1.807) is 26.4 Å². The zero-order chi connectivity index (χ0) is 19.8. The predicted octanol–water partition coefficient (Wildman–Crippen LogP) is 3.30. The highest BCUT2D eigenvalue weighted by Crippen LogP contribution is 2.40. The van der Waals surface area contributed by atoms with Crippen molar-refractivity contribution in [2.45, 2.75) is 12.8 Å². The number of benzene rings is 2. The summed E-state index contributed by atoms with van der Waals surface area (Å²) in [5.74, 6) is 2.60. The van der Waals surface area contributed by atoms with Crippen LogP contribution in [0.2, 0.25) is 0 Å². The van der Waals surface area contributed by atoms with Gasteiger partial charge in [-0.1, -0.05) is 6.07 Å². The molecule has 0 fully saturated rings. The Balaban J connectivity index is 2.06. The molecule has 0 radical (unpaired) electrons. The maximum Gasteiger partial charge on any atom is 0.224 e. The zero-order valence-electron chi connectivity index (χ0n) is 16.3. The molecule has 0 aliphatic carbocycles. The molecular weight excluding hydrogens is 350 g/mol. The number of carbonyl (C=O) groups excluding carboxylic acids is 1. The lowest BCUT2D eigenvalue weighted by Gasteiger charge is -2.14. The van der Waals surface area contributed by atoms with Gasteiger partial charge in [0.15, 0.2) is 23.0 Å². The summed E-state index contributed by atoms with van der Waals surface area (Å²) >= 11 is 0. The topological polar surface area (TPSA) is 75.3 Å². The van der Waals surface area contributed by atoms with Crippen molar-refractivity contribution in [3.05, 3.63) is 35.9 Å². The van der Waals surface area contributed by atoms with Crippen LogP contribution in [-0.4, -0.2) is 41.5 Å². The Bertz CT molecular complexity index is 765. The molecule has 0 aromatic heterocycles. The minimum Gasteiger partial charge on any atom is -0.493 e. The van der Waals surface area contributed by atoms with Crippen LogP contribution in [-0.2, 0) is 11.2 Å². The van der Waals surface area contributed by atoms with Crippen LogP contribution < -0.4 is 29.0 Å². The number of carbonyl (C=O) groups is 1. The van der Waals surface area contributed by atoms with E-state index >= 15 is 0 Å². The van der Waals surface area contributed by atoms with Gasteiger partial charge in [-0.15, -0.1) is 0 Å². The summed E-state index contributed by atoms with van der Waals surface area (Å²) in [6.07, 6.45) is 0.878. The maximum absolute atomic E-state index is 12.3. The maximum atomic E-state index is 12.3. The molecule has 0 bridgehead atoms. The zero-order valence-corrected chi connectivity index (χ0v) is 16.3. The van der Waals surface area contributed by atoms with E-state index in [0.29, 0.717) is 47.3 Å². The lowest BCUT2D eigenvalue weighted by Crippen LogP contribution is -2.12. The van der Waals surface area contributed by atoms with E-state index in [1.807, 2.05) is 18.2 Å². The van der Waals surface area contributed by atoms with Gasteiger partial charge in [-0.3, -0.25) is 4.79 Å². The minimum absolute atomic E-state index is 0.126. The van der Waals surface area contributed by atoms with Gasteiger partial charge in [-0.25, -0.2) is 0 Å². The quantitative estimate of drug-likeness (QED) is 0.725. The van der Waals surface area contributed by atoms with Crippen LogP contribution in [0.1, 0.15) is 12.0 Å². The van der Waals surface area contributed by atoms with E-state index in [2.05, 4.69) is 5.32 Å². The molecule has 0 spiro atoms. The Labute approximate surface area is 159 Å². The molecule has 0 aliphatic rings. The van der Waals surface area contributed by atoms with Gasteiger partial charge in [-0.2, -0.15) is 0 Å². The highest BCUT2D eigenvalue weighted by atomic mass is 16.5. The van der Waals surface area contributed by atoms with Crippen molar-refractivity contribution < 1.29 is 28.5 Å². The van der Waals surface area contributed by atoms with Crippen molar-refractivity contribution in [2.75, 3.05) is 40.9 Å². The second-order valence-corrected chi connectivity index (χ2v) is 5.65. The summed E-state index contributed by atoms with van der Waals surface area (Å²) in [6, 6.07) is 8.98. The molecule has 0 saturated carbocycles. The molecule has 0 saturated heterocycles. The van der Waals surface area contributed by atoms with Gasteiger partial charge in [0, 0.05) is 24.2 Å². The van der Waals surface area contributed by atoms with Gasteiger partial charge >= 0.3 is 0 Å². The van der Waals surface area contributed by atoms with Crippen LogP contribution in [0.5, 0.6) is 28.7 Å². The molecule has 2 aromatic rings. The third-order valence-electron chi connectivity index (χ3n) is 4.04. The molecular formula is C20H25NO6. The van der Waals surface area contributed by atoms with Gasteiger partial charge in [-0.05, 0) is 24.1 Å². The van der Waals surface area contributed by atoms with Crippen LogP contribution in [0, 0.1) is 0 Å². The van der Waals surface area contributed by atoms with Gasteiger partial charge < -0.3 is 29.0 Å². The number of methoxy groups -OCH3 is 5. The molecule has 0 aliphatic heterocycles. The SMILES string of the molecule is COc1ccc(CCC(=O)Nc2cc(OC)c(OC)c(OC)c2)cc1OC. The fourth-order valence-corrected chi connectivity index (χ4v) is 2.67. The molecule has 0 heterocycles. The first kappa shape index (κ1) is 20.2. The molecule has 1 amide bonds. The van der Waals surface area contributed by atoms with E-state index < -0.39 is 0 Å². The van der Waals surface area contributed by atoms with Gasteiger partial charge in [0.2, 0.25) is 11.7 Å². The van der Waals surface area contributed by atoms with Crippen LogP contribution in [0.3, 0.4) is 0 Å². The van der Waals surface area contributed by atoms with Gasteiger partial charge in [0.1, 0.15) is 0 Å². The molecule has 2 rings (SSSR count). The van der Waals surface area contributed by atoms with Crippen LogP contribution in [0.15, 0.2) is 30.3 Å². The Morgan fingerprint density at radius 2 is 1.37 bits per heavy atom. The Morgan fingerprint density at radius 1 is 0.778 bits per heavy atom. The second-order valence-electron chi connectivity index (χ2n) is 5.65. The number of hydrogen-bond donors (Lipinski definition) is 1. The largest absolute Gasteiger partial charge is 0.493 e. The highest BCUT2D eigenvalue weighted by molar-refractivity contribution is 5.91. The van der Waals surface area contributed by atoms with Crippen molar-refractivity contribution in [3.63, 3.8) is 0 Å². The lowest BCUT2D eigenvalue weighted by molar-refractivity contribution is -0.116. The number of amides is 1. The van der Waals surface area contributed by atoms with Crippen molar-refractivity contribution in [2.24, 2.45) is 0 Å². The summed E-state index contributed by atoms with van der Waals surface area (Å²) in [6.45, 7) is 0. The van der Waals surface area contributed by atoms with E-state index in [-0.39, 0.29) is 5.91 Å². The first-order valence-corrected chi connectivity index (χ1v) is 8.37. The number of rotatable bonds is 9. The first-order valence-electron chi connectivity index (χ1n) is 8.37. The van der Waals surface area contributed by atoms with Crippen LogP contribution in [0.4, 0.5) is 5.69 Å². The summed E-state index contributed by atoms with van der Waals surface area (Å²) in [5.41, 5.74) is 1.55. The lowest BCUT2D eigenvalue weighted by atomic mass is 10.1. The molecule has 0 atom stereocenters. The first-order chi connectivity index (χ1) is 13.1. The third kappa shape index (κ3) is 4.97. The van der Waals surface area contributed by atoms with E-state index in [0.717, 1.165) is 5.56 Å². The minimum atomic E-state index is -0.126. The van der Waals surface area contributed by atoms with Crippen molar-refractivity contribution >= 4 is 11.6 Å². The molecule has 7 nitrogen and oxygen atoms in total. The molecule has 7 heteroatoms. The average molecular weight is 375 g/mol. The Hall–Kier alpha value is -3.09. The van der Waals surface area contributed by atoms with E-state index in [4.69, 9.17) is 23.7 Å². The fourth-order valence-electron chi connectivity index (χ4n) is 2.67. The van der Waals surface area contributed by atoms with Crippen LogP contribution in [0.25, 0.3) is 0 Å². The standard InChI is InChI=1S/C20H25NO6/c1-23-15-8-6-13(10-16(15)24-2)7-9-19(22)21-14-11-17(25-3)20(27-5)18(12-14)26-4/h6,8,10-12H,7,9H2,1-5H3,(H,21,22). The Morgan fingerprint density at radius 3 is 1.89 bits per heavy atom. The average Bonchev–Trinajstić information content (AvgIpc) is 2.70. The Kier molecular flexibility index (Phi) is 7.16. The van der Waals surface area contributed by atoms with E-state index in [9.17, 15) is 4.79 Å². The molecule has 27 heavy (non-hydrogen) atoms. The van der Waals surface area contributed by atoms with Crippen molar-refractivity contribution in [3.8, 4) is 28.7 Å². The highest BCUT2D eigenvalue weighted by Gasteiger charge is 2.14. The summed E-state index contributed by atoms with van der Waals surface area (Å²) < 4.78 is 26.4. The number of aryl methyl sites for hydroxylation is 1. The normalized spacial score (nSPS) is 10.1. The summed E-state index contributed by atoms with van der Waals surface area (Å²) in [5, 5.41) is 2.85. The fraction of sp³-hybridized carbons (Fsp3) is 0.350. The van der Waals surface area contributed by atoms with Crippen molar-refractivity contribution in [1.82, 2.24) is 0 Å². The van der Waals surface area contributed by atoms with Crippen molar-refractivity contribution in [1.29, 1.82) is 0 Å². The second kappa shape index (κ2) is 9.56. The summed E-state index contributed by atoms with van der Waals surface area (Å²) in [4.78, 5) is 12.3. The molecule has 2 aromatic carbocycles. The molecule has 0 unspecified atom stereocenters. The molecule has 146 valence electrons. The number of ether oxygens (including phenoxy) is 5. The van der Waals surface area contributed by atoms with Gasteiger partial charge in [0.25, 0.3) is 0 Å². The smallest absolute Gasteiger partial charge is 0.224 e. The number of nitrogens with one attached hydrogen (secondary N) is 1. The predicted molar refractivity (Wildman–Crippen MR) is 103 cm³/mol. The molecule has 1 N–H and O–H groups in total. The number of anilines is 1.